The largest absolute Gasteiger partial charge is 0.488 e. The van der Waals surface area contributed by atoms with Crippen LogP contribution in [0.1, 0.15) is 30.9 Å². The Morgan fingerprint density at radius 1 is 1.24 bits per heavy atom. The van der Waals surface area contributed by atoms with Gasteiger partial charge in [0.05, 0.1) is 25.6 Å². The molecular weight excluding hydrogens is 593 g/mol. The van der Waals surface area contributed by atoms with Crippen LogP contribution in [0.5, 0.6) is 5.75 Å². The van der Waals surface area contributed by atoms with Crippen molar-refractivity contribution in [2.24, 2.45) is 5.92 Å². The molecule has 0 saturated heterocycles. The number of fused-ring (bicyclic) bond motifs is 1. The Bertz CT molecular complexity index is 1580. The number of ether oxygens (including phenoxy) is 1. The number of carbonyl (C=O) groups is 1. The third-order valence-corrected chi connectivity index (χ3v) is 11.8. The number of aryl methyl sites for hydroxylation is 2. The maximum atomic E-state index is 13.4. The van der Waals surface area contributed by atoms with Crippen LogP contribution in [0.2, 0.25) is 0 Å². The summed E-state index contributed by atoms with van der Waals surface area (Å²) in [7, 11) is -6.37. The summed E-state index contributed by atoms with van der Waals surface area (Å²) in [5.74, 6) is -0.123. The van der Waals surface area contributed by atoms with Gasteiger partial charge in [-0.3, -0.25) is 9.52 Å². The molecule has 41 heavy (non-hydrogen) atoms. The van der Waals surface area contributed by atoms with E-state index in [1.807, 2.05) is 6.92 Å². The molecule has 0 radical (unpaired) electrons. The average Bonchev–Trinajstić information content (AvgIpc) is 3.58. The standard InChI is InChI=1S/C26H34N4O8S3/c1-16-13-30(17(2)15-31)24(32)12-20-11-21(28-40(33,34)25-7-6-10-39-25)8-9-22(20)37-23(16)14-29(5)41(35,36)26-18(3)27-38-19(26)4/h6-11,16-17,23,28,31H,12-15H2,1-5H3/t16-,17-,23-/m0/s1. The summed E-state index contributed by atoms with van der Waals surface area (Å²) in [4.78, 5) is 15.0. The Morgan fingerprint density at radius 2 is 1.98 bits per heavy atom. The van der Waals surface area contributed by atoms with Crippen molar-refractivity contribution in [3.05, 3.63) is 52.7 Å². The Kier molecular flexibility index (Phi) is 9.13. The van der Waals surface area contributed by atoms with Gasteiger partial charge in [0.25, 0.3) is 10.0 Å². The number of nitrogens with one attached hydrogen (secondary N) is 1. The first kappa shape index (κ1) is 31.0. The minimum absolute atomic E-state index is 0.00973. The Hall–Kier alpha value is -2.98. The third kappa shape index (κ3) is 6.59. The monoisotopic (exact) mass is 626 g/mol. The number of aliphatic hydroxyl groups is 1. The molecule has 0 spiro atoms. The summed E-state index contributed by atoms with van der Waals surface area (Å²) < 4.78 is 67.8. The van der Waals surface area contributed by atoms with Gasteiger partial charge in [0.2, 0.25) is 15.9 Å². The van der Waals surface area contributed by atoms with Crippen LogP contribution in [0.25, 0.3) is 0 Å². The number of thiophene rings is 1. The first-order chi connectivity index (χ1) is 19.2. The van der Waals surface area contributed by atoms with Crippen LogP contribution >= 0.6 is 11.3 Å². The molecule has 2 aromatic heterocycles. The molecule has 0 saturated carbocycles. The first-order valence-corrected chi connectivity index (χ1v) is 16.7. The fourth-order valence-electron chi connectivity index (χ4n) is 4.68. The summed E-state index contributed by atoms with van der Waals surface area (Å²) in [5, 5.41) is 15.3. The van der Waals surface area contributed by atoms with Crippen molar-refractivity contribution in [1.29, 1.82) is 0 Å². The molecular formula is C26H34N4O8S3. The molecule has 2 N–H and O–H groups in total. The molecule has 3 heterocycles. The van der Waals surface area contributed by atoms with Crippen molar-refractivity contribution in [2.75, 3.05) is 31.5 Å². The van der Waals surface area contributed by atoms with Gasteiger partial charge >= 0.3 is 0 Å². The summed E-state index contributed by atoms with van der Waals surface area (Å²) in [6.45, 7) is 6.53. The second-order valence-electron chi connectivity index (χ2n) is 10.2. The number of sulfonamides is 2. The summed E-state index contributed by atoms with van der Waals surface area (Å²) in [6.07, 6.45) is -0.817. The number of hydrogen-bond donors (Lipinski definition) is 2. The zero-order valence-corrected chi connectivity index (χ0v) is 25.8. The maximum absolute atomic E-state index is 13.4. The van der Waals surface area contributed by atoms with E-state index in [-0.39, 0.29) is 64.2 Å². The van der Waals surface area contributed by atoms with Gasteiger partial charge in [-0.1, -0.05) is 18.1 Å². The molecule has 1 amide bonds. The highest BCUT2D eigenvalue weighted by Gasteiger charge is 2.35. The number of aromatic nitrogens is 1. The van der Waals surface area contributed by atoms with Crippen LogP contribution in [0.3, 0.4) is 0 Å². The van der Waals surface area contributed by atoms with E-state index in [1.165, 1.54) is 36.5 Å². The summed E-state index contributed by atoms with van der Waals surface area (Å²) in [6, 6.07) is 7.27. The third-order valence-electron chi connectivity index (χ3n) is 7.00. The van der Waals surface area contributed by atoms with Crippen molar-refractivity contribution >= 4 is 43.0 Å². The molecule has 3 atom stereocenters. The van der Waals surface area contributed by atoms with Gasteiger partial charge in [0, 0.05) is 30.8 Å². The van der Waals surface area contributed by atoms with Crippen LogP contribution in [-0.2, 0) is 31.3 Å². The lowest BCUT2D eigenvalue weighted by atomic mass is 10.0. The number of aliphatic hydroxyl groups excluding tert-OH is 1. The van der Waals surface area contributed by atoms with Crippen molar-refractivity contribution in [1.82, 2.24) is 14.4 Å². The molecule has 224 valence electrons. The van der Waals surface area contributed by atoms with E-state index >= 15 is 0 Å². The number of nitrogens with zero attached hydrogens (tertiary/aromatic N) is 3. The normalized spacial score (nSPS) is 19.2. The van der Waals surface area contributed by atoms with Gasteiger partial charge in [-0.05, 0) is 50.4 Å². The second-order valence-corrected chi connectivity index (χ2v) is 15.0. The fourth-order valence-corrected chi connectivity index (χ4v) is 8.19. The van der Waals surface area contributed by atoms with Gasteiger partial charge in [-0.15, -0.1) is 11.3 Å². The minimum Gasteiger partial charge on any atom is -0.488 e. The summed E-state index contributed by atoms with van der Waals surface area (Å²) in [5.41, 5.74) is 0.915. The SMILES string of the molecule is Cc1noc(C)c1S(=O)(=O)N(C)C[C@@H]1Oc2ccc(NS(=O)(=O)c3cccs3)cc2CC(=O)N([C@@H](C)CO)C[C@@H]1C. The van der Waals surface area contributed by atoms with E-state index in [0.29, 0.717) is 11.3 Å². The average molecular weight is 627 g/mol. The number of hydrogen-bond acceptors (Lipinski definition) is 10. The predicted molar refractivity (Wildman–Crippen MR) is 153 cm³/mol. The van der Waals surface area contributed by atoms with E-state index in [1.54, 1.807) is 36.3 Å². The lowest BCUT2D eigenvalue weighted by Gasteiger charge is -2.33. The molecule has 1 aromatic carbocycles. The van der Waals surface area contributed by atoms with Crippen LogP contribution in [-0.4, -0.2) is 81.1 Å². The number of anilines is 1. The molecule has 0 aliphatic carbocycles. The molecule has 0 fully saturated rings. The molecule has 4 rings (SSSR count). The Labute approximate surface area is 244 Å². The highest BCUT2D eigenvalue weighted by atomic mass is 32.2. The van der Waals surface area contributed by atoms with Crippen LogP contribution in [0, 0.1) is 19.8 Å². The topological polar surface area (TPSA) is 159 Å². The van der Waals surface area contributed by atoms with Crippen molar-refractivity contribution in [3.8, 4) is 5.75 Å². The number of carbonyl (C=O) groups excluding carboxylic acids is 1. The van der Waals surface area contributed by atoms with Gasteiger partial charge < -0.3 is 19.3 Å². The van der Waals surface area contributed by atoms with E-state index in [4.69, 9.17) is 9.26 Å². The van der Waals surface area contributed by atoms with Crippen LogP contribution in [0.15, 0.2) is 49.3 Å². The molecule has 15 heteroatoms. The number of benzene rings is 1. The minimum atomic E-state index is -3.98. The van der Waals surface area contributed by atoms with Gasteiger partial charge in [0.15, 0.2) is 5.76 Å². The van der Waals surface area contributed by atoms with E-state index in [0.717, 1.165) is 11.3 Å². The molecule has 12 nitrogen and oxygen atoms in total. The van der Waals surface area contributed by atoms with Crippen molar-refractivity contribution < 1.29 is 36.0 Å². The predicted octanol–water partition coefficient (Wildman–Crippen LogP) is 2.62. The van der Waals surface area contributed by atoms with Gasteiger partial charge in [-0.25, -0.2) is 16.8 Å². The van der Waals surface area contributed by atoms with Crippen LogP contribution in [0.4, 0.5) is 5.69 Å². The zero-order valence-electron chi connectivity index (χ0n) is 23.4. The van der Waals surface area contributed by atoms with Crippen LogP contribution < -0.4 is 9.46 Å². The Balaban J connectivity index is 1.70. The van der Waals surface area contributed by atoms with Gasteiger partial charge in [-0.2, -0.15) is 4.31 Å². The molecule has 3 aromatic rings. The zero-order chi connectivity index (χ0) is 30.1. The fraction of sp³-hybridized carbons (Fsp3) is 0.462. The lowest BCUT2D eigenvalue weighted by Crippen LogP contribution is -2.48. The number of amides is 1. The highest BCUT2D eigenvalue weighted by Crippen LogP contribution is 2.31. The quantitative estimate of drug-likeness (QED) is 0.364. The number of rotatable bonds is 9. The molecule has 0 unspecified atom stereocenters. The molecule has 0 bridgehead atoms. The maximum Gasteiger partial charge on any atom is 0.271 e. The first-order valence-electron chi connectivity index (χ1n) is 12.9. The highest BCUT2D eigenvalue weighted by molar-refractivity contribution is 7.94. The number of likely N-dealkylation sites (N-methyl/N-ethyl adjacent to an activating group) is 1. The smallest absolute Gasteiger partial charge is 0.271 e. The molecule has 1 aliphatic heterocycles. The molecule has 1 aliphatic rings. The van der Waals surface area contributed by atoms with E-state index in [9.17, 15) is 26.7 Å². The van der Waals surface area contributed by atoms with E-state index < -0.39 is 32.2 Å². The second kappa shape index (κ2) is 12.1. The lowest BCUT2D eigenvalue weighted by molar-refractivity contribution is -0.134. The van der Waals surface area contributed by atoms with Crippen molar-refractivity contribution in [3.63, 3.8) is 0 Å². The van der Waals surface area contributed by atoms with Crippen molar-refractivity contribution in [2.45, 2.75) is 55.4 Å². The summed E-state index contributed by atoms with van der Waals surface area (Å²) >= 11 is 1.08. The van der Waals surface area contributed by atoms with E-state index in [2.05, 4.69) is 9.88 Å². The van der Waals surface area contributed by atoms with Gasteiger partial charge in [0.1, 0.15) is 26.7 Å². The Morgan fingerprint density at radius 3 is 2.59 bits per heavy atom.